The van der Waals surface area contributed by atoms with Crippen molar-refractivity contribution in [3.05, 3.63) is 67.1 Å². The molecule has 3 heteroatoms. The third kappa shape index (κ3) is 1.59. The summed E-state index contributed by atoms with van der Waals surface area (Å²) in [6.07, 6.45) is 3.83. The van der Waals surface area contributed by atoms with Crippen LogP contribution in [0, 0.1) is 0 Å². The molecule has 0 atom stereocenters. The molecule has 2 aromatic heterocycles. The highest BCUT2D eigenvalue weighted by Crippen LogP contribution is 2.22. The van der Waals surface area contributed by atoms with E-state index < -0.39 is 0 Å². The van der Waals surface area contributed by atoms with E-state index in [9.17, 15) is 0 Å². The van der Waals surface area contributed by atoms with Gasteiger partial charge in [0, 0.05) is 17.1 Å². The molecular formula is C16H11N3. The lowest BCUT2D eigenvalue weighted by Crippen LogP contribution is -1.87. The number of fused-ring (bicyclic) bond motifs is 3. The molecule has 0 aliphatic carbocycles. The highest BCUT2D eigenvalue weighted by Gasteiger charge is 2.07. The van der Waals surface area contributed by atoms with Crippen LogP contribution in [-0.2, 0) is 0 Å². The number of para-hydroxylation sites is 1. The summed E-state index contributed by atoms with van der Waals surface area (Å²) >= 11 is 0. The molecule has 90 valence electrons. The van der Waals surface area contributed by atoms with Gasteiger partial charge < -0.3 is 0 Å². The van der Waals surface area contributed by atoms with Crippen molar-refractivity contribution in [1.82, 2.24) is 14.4 Å². The molecule has 0 saturated heterocycles. The average molecular weight is 245 g/mol. The lowest BCUT2D eigenvalue weighted by atomic mass is 10.2. The third-order valence-electron chi connectivity index (χ3n) is 3.27. The first-order valence-corrected chi connectivity index (χ1v) is 6.20. The van der Waals surface area contributed by atoms with Crippen LogP contribution in [0.3, 0.4) is 0 Å². The van der Waals surface area contributed by atoms with Gasteiger partial charge in [0.2, 0.25) is 0 Å². The first-order valence-electron chi connectivity index (χ1n) is 6.20. The van der Waals surface area contributed by atoms with Crippen LogP contribution >= 0.6 is 0 Å². The SMILES string of the molecule is c1ccc(-c2cn3cnc4ccccc4c3n2)cc1. The summed E-state index contributed by atoms with van der Waals surface area (Å²) in [5, 5.41) is 1.08. The van der Waals surface area contributed by atoms with Gasteiger partial charge in [-0.05, 0) is 12.1 Å². The Morgan fingerprint density at radius 3 is 2.53 bits per heavy atom. The maximum Gasteiger partial charge on any atom is 0.148 e. The first kappa shape index (κ1) is 10.3. The zero-order chi connectivity index (χ0) is 12.7. The van der Waals surface area contributed by atoms with Gasteiger partial charge in [-0.15, -0.1) is 0 Å². The normalized spacial score (nSPS) is 11.2. The summed E-state index contributed by atoms with van der Waals surface area (Å²) in [6.45, 7) is 0. The van der Waals surface area contributed by atoms with Crippen molar-refractivity contribution in [2.24, 2.45) is 0 Å². The van der Waals surface area contributed by atoms with Gasteiger partial charge in [0.05, 0.1) is 11.2 Å². The minimum absolute atomic E-state index is 0.949. The van der Waals surface area contributed by atoms with Crippen LogP contribution in [0.1, 0.15) is 0 Å². The van der Waals surface area contributed by atoms with E-state index in [1.807, 2.05) is 53.3 Å². The molecule has 0 unspecified atom stereocenters. The number of rotatable bonds is 1. The zero-order valence-corrected chi connectivity index (χ0v) is 10.2. The largest absolute Gasteiger partial charge is 0.289 e. The molecule has 2 aromatic carbocycles. The van der Waals surface area contributed by atoms with Crippen molar-refractivity contribution < 1.29 is 0 Å². The van der Waals surface area contributed by atoms with Gasteiger partial charge in [-0.3, -0.25) is 4.40 Å². The van der Waals surface area contributed by atoms with Gasteiger partial charge in [0.15, 0.2) is 0 Å². The Morgan fingerprint density at radius 2 is 1.63 bits per heavy atom. The van der Waals surface area contributed by atoms with Crippen LogP contribution in [0.2, 0.25) is 0 Å². The molecular weight excluding hydrogens is 234 g/mol. The molecule has 0 amide bonds. The van der Waals surface area contributed by atoms with Crippen molar-refractivity contribution >= 4 is 16.6 Å². The number of aromatic nitrogens is 3. The second-order valence-corrected chi connectivity index (χ2v) is 4.48. The van der Waals surface area contributed by atoms with Crippen molar-refractivity contribution in [2.75, 3.05) is 0 Å². The van der Waals surface area contributed by atoms with Gasteiger partial charge in [-0.25, -0.2) is 9.97 Å². The number of imidazole rings is 1. The second-order valence-electron chi connectivity index (χ2n) is 4.48. The van der Waals surface area contributed by atoms with Crippen LogP contribution in [0.5, 0.6) is 0 Å². The molecule has 2 heterocycles. The molecule has 0 bridgehead atoms. The standard InChI is InChI=1S/C16H11N3/c1-2-6-12(7-3-1)15-10-19-11-17-14-9-5-4-8-13(14)16(19)18-15/h1-11H. The molecule has 4 aromatic rings. The van der Waals surface area contributed by atoms with Crippen LogP contribution in [0.4, 0.5) is 0 Å². The minimum atomic E-state index is 0.949. The van der Waals surface area contributed by atoms with E-state index >= 15 is 0 Å². The van der Waals surface area contributed by atoms with E-state index in [2.05, 4.69) is 23.2 Å². The number of benzene rings is 2. The highest BCUT2D eigenvalue weighted by atomic mass is 15.0. The quantitative estimate of drug-likeness (QED) is 0.513. The Bertz CT molecular complexity index is 863. The van der Waals surface area contributed by atoms with Crippen molar-refractivity contribution in [3.8, 4) is 11.3 Å². The van der Waals surface area contributed by atoms with Crippen LogP contribution < -0.4 is 0 Å². The minimum Gasteiger partial charge on any atom is -0.289 e. The predicted octanol–water partition coefficient (Wildman–Crippen LogP) is 3.55. The summed E-state index contributed by atoms with van der Waals surface area (Å²) in [7, 11) is 0. The van der Waals surface area contributed by atoms with Gasteiger partial charge >= 0.3 is 0 Å². The number of hydrogen-bond donors (Lipinski definition) is 0. The first-order chi connectivity index (χ1) is 9.42. The molecule has 0 spiro atoms. The van der Waals surface area contributed by atoms with Gasteiger partial charge in [0.1, 0.15) is 12.0 Å². The summed E-state index contributed by atoms with van der Waals surface area (Å²) in [5.41, 5.74) is 4.01. The monoisotopic (exact) mass is 245 g/mol. The smallest absolute Gasteiger partial charge is 0.148 e. The molecule has 0 radical (unpaired) electrons. The fraction of sp³-hybridized carbons (Fsp3) is 0. The van der Waals surface area contributed by atoms with E-state index in [0.29, 0.717) is 0 Å². The number of nitrogens with zero attached hydrogens (tertiary/aromatic N) is 3. The molecule has 0 N–H and O–H groups in total. The van der Waals surface area contributed by atoms with Crippen molar-refractivity contribution in [1.29, 1.82) is 0 Å². The Morgan fingerprint density at radius 1 is 0.842 bits per heavy atom. The van der Waals surface area contributed by atoms with Gasteiger partial charge in [-0.2, -0.15) is 0 Å². The maximum atomic E-state index is 4.73. The Hall–Kier alpha value is -2.68. The van der Waals surface area contributed by atoms with E-state index in [1.54, 1.807) is 0 Å². The van der Waals surface area contributed by atoms with Crippen LogP contribution in [0.15, 0.2) is 67.1 Å². The summed E-state index contributed by atoms with van der Waals surface area (Å²) in [5.74, 6) is 0. The van der Waals surface area contributed by atoms with Gasteiger partial charge in [-0.1, -0.05) is 42.5 Å². The molecule has 0 aliphatic heterocycles. The third-order valence-corrected chi connectivity index (χ3v) is 3.27. The molecule has 19 heavy (non-hydrogen) atoms. The molecule has 4 rings (SSSR count). The lowest BCUT2D eigenvalue weighted by Gasteiger charge is -1.97. The Labute approximate surface area is 110 Å². The summed E-state index contributed by atoms with van der Waals surface area (Å²) < 4.78 is 1.98. The second kappa shape index (κ2) is 3.92. The molecule has 0 saturated carbocycles. The summed E-state index contributed by atoms with van der Waals surface area (Å²) in [4.78, 5) is 9.17. The van der Waals surface area contributed by atoms with E-state index in [1.165, 1.54) is 0 Å². The fourth-order valence-corrected chi connectivity index (χ4v) is 2.33. The average Bonchev–Trinajstić information content (AvgIpc) is 2.93. The van der Waals surface area contributed by atoms with Crippen molar-refractivity contribution in [2.45, 2.75) is 0 Å². The van der Waals surface area contributed by atoms with Crippen LogP contribution in [-0.4, -0.2) is 14.4 Å². The van der Waals surface area contributed by atoms with Crippen molar-refractivity contribution in [3.63, 3.8) is 0 Å². The lowest BCUT2D eigenvalue weighted by molar-refractivity contribution is 1.12. The molecule has 3 nitrogen and oxygen atoms in total. The zero-order valence-electron chi connectivity index (χ0n) is 10.2. The topological polar surface area (TPSA) is 30.2 Å². The molecule has 0 aliphatic rings. The number of hydrogen-bond acceptors (Lipinski definition) is 2. The summed E-state index contributed by atoms with van der Waals surface area (Å²) in [6, 6.07) is 18.3. The van der Waals surface area contributed by atoms with E-state index in [4.69, 9.17) is 4.98 Å². The fourth-order valence-electron chi connectivity index (χ4n) is 2.33. The molecule has 0 fully saturated rings. The predicted molar refractivity (Wildman–Crippen MR) is 75.9 cm³/mol. The van der Waals surface area contributed by atoms with Gasteiger partial charge in [0.25, 0.3) is 0 Å². The highest BCUT2D eigenvalue weighted by molar-refractivity contribution is 5.91. The van der Waals surface area contributed by atoms with Crippen LogP contribution in [0.25, 0.3) is 27.8 Å². The Kier molecular flexibility index (Phi) is 2.12. The Balaban J connectivity index is 2.04. The van der Waals surface area contributed by atoms with E-state index in [0.717, 1.165) is 27.8 Å². The van der Waals surface area contributed by atoms with E-state index in [-0.39, 0.29) is 0 Å². The maximum absolute atomic E-state index is 4.73.